The van der Waals surface area contributed by atoms with Crippen molar-refractivity contribution in [2.75, 3.05) is 4.90 Å². The molecular weight excluding hydrogens is 725 g/mol. The number of hydrogen-bond donors (Lipinski definition) is 0. The minimum atomic E-state index is -0.202. The van der Waals surface area contributed by atoms with E-state index >= 15 is 0 Å². The van der Waals surface area contributed by atoms with Gasteiger partial charge >= 0.3 is 0 Å². The molecule has 0 radical (unpaired) electrons. The Morgan fingerprint density at radius 3 is 1.70 bits per heavy atom. The Kier molecular flexibility index (Phi) is 7.36. The summed E-state index contributed by atoms with van der Waals surface area (Å²) in [5, 5.41) is 5.00. The maximum atomic E-state index is 2.57. The van der Waals surface area contributed by atoms with Gasteiger partial charge in [-0.1, -0.05) is 179 Å². The fraction of sp³-hybridized carbons (Fsp3) is 0.103. The summed E-state index contributed by atoms with van der Waals surface area (Å²) in [5.41, 5.74) is 20.0. The normalized spacial score (nSPS) is 14.3. The first-order valence-corrected chi connectivity index (χ1v) is 21.2. The third-order valence-electron chi connectivity index (χ3n) is 13.8. The summed E-state index contributed by atoms with van der Waals surface area (Å²) in [6, 6.07) is 72.3. The van der Waals surface area contributed by atoms with Crippen LogP contribution in [0.15, 0.2) is 194 Å². The van der Waals surface area contributed by atoms with Crippen molar-refractivity contribution in [3.05, 3.63) is 216 Å². The smallest absolute Gasteiger partial charge is 0.0543 e. The van der Waals surface area contributed by atoms with Crippen LogP contribution in [0.25, 0.3) is 71.6 Å². The van der Waals surface area contributed by atoms with Crippen LogP contribution in [0.3, 0.4) is 0 Å². The molecule has 9 aromatic carbocycles. The van der Waals surface area contributed by atoms with Gasteiger partial charge in [0.1, 0.15) is 0 Å². The molecule has 12 rings (SSSR count). The molecule has 0 atom stereocenters. The third-order valence-corrected chi connectivity index (χ3v) is 13.8. The molecule has 60 heavy (non-hydrogen) atoms. The zero-order valence-electron chi connectivity index (χ0n) is 34.4. The van der Waals surface area contributed by atoms with E-state index < -0.39 is 0 Å². The van der Waals surface area contributed by atoms with E-state index in [9.17, 15) is 0 Å². The molecule has 0 N–H and O–H groups in total. The number of aromatic nitrogens is 1. The van der Waals surface area contributed by atoms with Gasteiger partial charge in [-0.2, -0.15) is 0 Å². The van der Waals surface area contributed by atoms with Gasteiger partial charge in [-0.3, -0.25) is 0 Å². The van der Waals surface area contributed by atoms with Crippen LogP contribution in [0.4, 0.5) is 17.1 Å². The van der Waals surface area contributed by atoms with E-state index in [0.717, 1.165) is 5.69 Å². The summed E-state index contributed by atoms with van der Waals surface area (Å²) in [6.45, 7) is 9.55. The molecule has 2 aliphatic rings. The van der Waals surface area contributed by atoms with Gasteiger partial charge in [0, 0.05) is 38.2 Å². The molecule has 0 amide bonds. The zero-order chi connectivity index (χ0) is 40.3. The Bertz CT molecular complexity index is 3340. The number of fused-ring (bicyclic) bond motifs is 10. The highest BCUT2D eigenvalue weighted by Crippen LogP contribution is 2.58. The van der Waals surface area contributed by atoms with Crippen LogP contribution in [0.1, 0.15) is 49.9 Å². The zero-order valence-corrected chi connectivity index (χ0v) is 34.4. The van der Waals surface area contributed by atoms with Crippen molar-refractivity contribution < 1.29 is 0 Å². The summed E-state index contributed by atoms with van der Waals surface area (Å²) in [4.78, 5) is 2.57. The van der Waals surface area contributed by atoms with Gasteiger partial charge in [-0.05, 0) is 97.9 Å². The largest absolute Gasteiger partial charge is 0.310 e. The van der Waals surface area contributed by atoms with Crippen molar-refractivity contribution in [2.45, 2.75) is 38.5 Å². The Balaban J connectivity index is 1.10. The lowest BCUT2D eigenvalue weighted by Gasteiger charge is -2.34. The van der Waals surface area contributed by atoms with Gasteiger partial charge in [0.25, 0.3) is 0 Å². The van der Waals surface area contributed by atoms with E-state index in [0.29, 0.717) is 0 Å². The van der Waals surface area contributed by atoms with E-state index in [4.69, 9.17) is 0 Å². The van der Waals surface area contributed by atoms with Crippen LogP contribution in [0.5, 0.6) is 0 Å². The van der Waals surface area contributed by atoms with Gasteiger partial charge in [-0.15, -0.1) is 0 Å². The van der Waals surface area contributed by atoms with Crippen LogP contribution in [0.2, 0.25) is 0 Å². The third kappa shape index (κ3) is 4.76. The molecule has 0 spiro atoms. The number of para-hydroxylation sites is 2. The summed E-state index contributed by atoms with van der Waals surface area (Å²) >= 11 is 0. The summed E-state index contributed by atoms with van der Waals surface area (Å²) < 4.78 is 2.44. The lowest BCUT2D eigenvalue weighted by Crippen LogP contribution is -2.21. The van der Waals surface area contributed by atoms with Gasteiger partial charge in [-0.25, -0.2) is 0 Å². The van der Waals surface area contributed by atoms with Gasteiger partial charge in [0.2, 0.25) is 0 Å². The maximum absolute atomic E-state index is 2.57. The van der Waals surface area contributed by atoms with Crippen LogP contribution >= 0.6 is 0 Å². The molecule has 286 valence electrons. The van der Waals surface area contributed by atoms with Crippen molar-refractivity contribution >= 4 is 49.6 Å². The van der Waals surface area contributed by atoms with E-state index in [1.54, 1.807) is 0 Å². The maximum Gasteiger partial charge on any atom is 0.0543 e. The monoisotopic (exact) mass is 768 g/mol. The number of anilines is 3. The lowest BCUT2D eigenvalue weighted by molar-refractivity contribution is 0.659. The summed E-state index contributed by atoms with van der Waals surface area (Å²) in [6.07, 6.45) is 0. The average Bonchev–Trinajstić information content (AvgIpc) is 3.84. The standard InChI is InChI=1S/C58H44N2/c1-57(2)48-29-10-6-23-46(48)55-49(57)30-17-34-53(55)59(54-35-16-27-45-41-20-5-9-28-47(41)58(3,4)56(45)54)38-19-13-18-37(36-38)39-24-14-26-42-40(39)25-15-33-52(42)60-50-31-11-7-21-43(50)44-22-8-12-32-51(44)60/h5-36H,1-4H3. The average molecular weight is 769 g/mol. The van der Waals surface area contributed by atoms with Crippen LogP contribution in [-0.2, 0) is 10.8 Å². The van der Waals surface area contributed by atoms with Crippen molar-refractivity contribution in [3.8, 4) is 39.1 Å². The Morgan fingerprint density at radius 2 is 0.917 bits per heavy atom. The summed E-state index contributed by atoms with van der Waals surface area (Å²) in [5.74, 6) is 0. The second-order valence-corrected chi connectivity index (χ2v) is 17.7. The molecule has 0 saturated carbocycles. The molecule has 0 aliphatic heterocycles. The van der Waals surface area contributed by atoms with Crippen LogP contribution < -0.4 is 4.90 Å². The second-order valence-electron chi connectivity index (χ2n) is 17.7. The molecule has 0 bridgehead atoms. The Labute approximate surface area is 351 Å². The topological polar surface area (TPSA) is 8.17 Å². The quantitative estimate of drug-likeness (QED) is 0.169. The predicted octanol–water partition coefficient (Wildman–Crippen LogP) is 15.7. The molecule has 1 heterocycles. The molecule has 1 aromatic heterocycles. The minimum Gasteiger partial charge on any atom is -0.310 e. The molecular formula is C58H44N2. The van der Waals surface area contributed by atoms with E-state index in [1.807, 2.05) is 0 Å². The molecule has 2 aliphatic carbocycles. The van der Waals surface area contributed by atoms with E-state index in [-0.39, 0.29) is 10.8 Å². The van der Waals surface area contributed by atoms with Gasteiger partial charge in [0.15, 0.2) is 0 Å². The number of nitrogens with zero attached hydrogens (tertiary/aromatic N) is 2. The van der Waals surface area contributed by atoms with Gasteiger partial charge in [0.05, 0.1) is 28.1 Å². The van der Waals surface area contributed by atoms with E-state index in [2.05, 4.69) is 231 Å². The van der Waals surface area contributed by atoms with E-state index in [1.165, 1.54) is 105 Å². The highest BCUT2D eigenvalue weighted by atomic mass is 15.2. The van der Waals surface area contributed by atoms with Crippen molar-refractivity contribution in [1.29, 1.82) is 0 Å². The van der Waals surface area contributed by atoms with Crippen molar-refractivity contribution in [3.63, 3.8) is 0 Å². The molecule has 0 unspecified atom stereocenters. The fourth-order valence-corrected chi connectivity index (χ4v) is 11.1. The van der Waals surface area contributed by atoms with Gasteiger partial charge < -0.3 is 9.47 Å². The second kappa shape index (κ2) is 12.7. The highest BCUT2D eigenvalue weighted by Gasteiger charge is 2.41. The Hall–Kier alpha value is -7.16. The van der Waals surface area contributed by atoms with Crippen LogP contribution in [0, 0.1) is 0 Å². The predicted molar refractivity (Wildman–Crippen MR) is 254 cm³/mol. The first-order valence-electron chi connectivity index (χ1n) is 21.2. The molecule has 0 saturated heterocycles. The molecule has 2 heteroatoms. The number of hydrogen-bond acceptors (Lipinski definition) is 1. The molecule has 0 fully saturated rings. The van der Waals surface area contributed by atoms with Crippen molar-refractivity contribution in [1.82, 2.24) is 4.57 Å². The van der Waals surface area contributed by atoms with Crippen molar-refractivity contribution in [2.24, 2.45) is 0 Å². The number of rotatable bonds is 5. The fourth-order valence-electron chi connectivity index (χ4n) is 11.1. The Morgan fingerprint density at radius 1 is 0.383 bits per heavy atom. The SMILES string of the molecule is CC1(C)c2ccccc2-c2c(N(c3cccc(-c4cccc5c(-n6c7ccccc7c7ccccc76)cccc45)c3)c3cccc4c3C(C)(C)c3ccccc3-4)cccc21. The van der Waals surface area contributed by atoms with Crippen LogP contribution in [-0.4, -0.2) is 4.57 Å². The summed E-state index contributed by atoms with van der Waals surface area (Å²) in [7, 11) is 0. The first-order chi connectivity index (χ1) is 29.3. The number of benzene rings is 9. The minimum absolute atomic E-state index is 0.124. The first kappa shape index (κ1) is 34.8. The molecule has 10 aromatic rings. The highest BCUT2D eigenvalue weighted by molar-refractivity contribution is 6.11. The lowest BCUT2D eigenvalue weighted by atomic mass is 9.81. The molecule has 2 nitrogen and oxygen atoms in total.